The van der Waals surface area contributed by atoms with Gasteiger partial charge >= 0.3 is 0 Å². The lowest BCUT2D eigenvalue weighted by Crippen LogP contribution is -2.52. The summed E-state index contributed by atoms with van der Waals surface area (Å²) in [6.45, 7) is 0.883. The van der Waals surface area contributed by atoms with Crippen molar-refractivity contribution in [3.05, 3.63) is 69.8 Å². The van der Waals surface area contributed by atoms with Crippen molar-refractivity contribution in [1.82, 2.24) is 4.90 Å². The van der Waals surface area contributed by atoms with Gasteiger partial charge in [0.15, 0.2) is 0 Å². The van der Waals surface area contributed by atoms with Gasteiger partial charge in [0.1, 0.15) is 17.1 Å². The summed E-state index contributed by atoms with van der Waals surface area (Å²) in [4.78, 5) is 29.8. The van der Waals surface area contributed by atoms with E-state index in [2.05, 4.69) is 10.3 Å². The van der Waals surface area contributed by atoms with E-state index in [9.17, 15) is 14.9 Å². The number of hydrogen-bond donors (Lipinski definition) is 2. The first-order valence-electron chi connectivity index (χ1n) is 8.75. The van der Waals surface area contributed by atoms with E-state index in [-0.39, 0.29) is 17.2 Å². The summed E-state index contributed by atoms with van der Waals surface area (Å²) in [7, 11) is 0. The number of fused-ring (bicyclic) bond motifs is 1. The van der Waals surface area contributed by atoms with Crippen LogP contribution in [0.2, 0.25) is 0 Å². The summed E-state index contributed by atoms with van der Waals surface area (Å²) in [5.41, 5.74) is 7.35. The number of likely N-dealkylation sites (tertiary alicyclic amines) is 1. The summed E-state index contributed by atoms with van der Waals surface area (Å²) in [6, 6.07) is 13.8. The summed E-state index contributed by atoms with van der Waals surface area (Å²) in [5.74, 6) is 0.160. The average Bonchev–Trinajstić information content (AvgIpc) is 2.68. The zero-order chi connectivity index (χ0) is 19.0. The van der Waals surface area contributed by atoms with Crippen molar-refractivity contribution in [2.24, 2.45) is 10.7 Å². The molecule has 2 aliphatic rings. The molecule has 27 heavy (non-hydrogen) atoms. The second-order valence-corrected chi connectivity index (χ2v) is 6.77. The van der Waals surface area contributed by atoms with E-state index >= 15 is 0 Å². The normalized spacial score (nSPS) is 17.6. The predicted octanol–water partition coefficient (Wildman–Crippen LogP) is 2.36. The maximum absolute atomic E-state index is 12.8. The molecule has 1 fully saturated rings. The molecule has 2 aliphatic heterocycles. The van der Waals surface area contributed by atoms with Crippen LogP contribution in [0.1, 0.15) is 28.8 Å². The molecule has 138 valence electrons. The number of anilines is 1. The van der Waals surface area contributed by atoms with E-state index in [1.54, 1.807) is 17.0 Å². The van der Waals surface area contributed by atoms with Gasteiger partial charge in [0.25, 0.3) is 11.6 Å². The number of hydrogen-bond acceptors (Lipinski definition) is 6. The van der Waals surface area contributed by atoms with E-state index in [0.29, 0.717) is 31.8 Å². The molecule has 2 heterocycles. The number of amidine groups is 1. The Balaban J connectivity index is 1.53. The molecule has 4 rings (SSSR count). The van der Waals surface area contributed by atoms with Crippen LogP contribution in [0.15, 0.2) is 53.5 Å². The first kappa shape index (κ1) is 17.0. The Morgan fingerprint density at radius 3 is 2.56 bits per heavy atom. The number of piperidine rings is 1. The Bertz CT molecular complexity index is 948. The molecule has 1 amide bonds. The number of carbonyl (C=O) groups excluding carboxylic acids is 1. The van der Waals surface area contributed by atoms with Gasteiger partial charge in [-0.2, -0.15) is 0 Å². The Morgan fingerprint density at radius 1 is 1.15 bits per heavy atom. The number of amides is 1. The second kappa shape index (κ2) is 6.39. The molecule has 2 aromatic rings. The van der Waals surface area contributed by atoms with Crippen LogP contribution in [0, 0.1) is 10.1 Å². The summed E-state index contributed by atoms with van der Waals surface area (Å²) < 4.78 is 0. The first-order valence-corrected chi connectivity index (χ1v) is 8.75. The van der Waals surface area contributed by atoms with Crippen LogP contribution in [0.25, 0.3) is 0 Å². The van der Waals surface area contributed by atoms with Gasteiger partial charge in [0.05, 0.1) is 4.92 Å². The van der Waals surface area contributed by atoms with Crippen molar-refractivity contribution in [1.29, 1.82) is 0 Å². The monoisotopic (exact) mass is 365 g/mol. The number of aliphatic imine (C=N–C) groups is 1. The van der Waals surface area contributed by atoms with Gasteiger partial charge in [-0.25, -0.2) is 4.99 Å². The Hall–Kier alpha value is -3.42. The van der Waals surface area contributed by atoms with Gasteiger partial charge in [0, 0.05) is 43.2 Å². The molecule has 8 nitrogen and oxygen atoms in total. The highest BCUT2D eigenvalue weighted by Crippen LogP contribution is 2.34. The van der Waals surface area contributed by atoms with Gasteiger partial charge < -0.3 is 16.0 Å². The number of nitrogens with zero attached hydrogens (tertiary/aromatic N) is 3. The van der Waals surface area contributed by atoms with Crippen LogP contribution in [0.4, 0.5) is 11.4 Å². The Labute approximate surface area is 155 Å². The number of benzene rings is 2. The maximum atomic E-state index is 12.8. The van der Waals surface area contributed by atoms with Crippen LogP contribution in [-0.4, -0.2) is 40.3 Å². The topological polar surface area (TPSA) is 114 Å². The lowest BCUT2D eigenvalue weighted by atomic mass is 9.93. The standard InChI is InChI=1S/C19H19N5O3/c20-17-13-5-1-3-7-15(13)21-19(22-17)9-11-23(12-10-19)18(25)14-6-2-4-8-16(14)24(26)27/h1-8,21H,9-12H2,(H2,20,22). The summed E-state index contributed by atoms with van der Waals surface area (Å²) in [5, 5.41) is 14.7. The van der Waals surface area contributed by atoms with E-state index in [1.807, 2.05) is 24.3 Å². The molecule has 0 aliphatic carbocycles. The number of nitro groups is 1. The third kappa shape index (κ3) is 2.99. The molecule has 8 heteroatoms. The molecule has 2 aromatic carbocycles. The molecule has 0 aromatic heterocycles. The molecular formula is C19H19N5O3. The summed E-state index contributed by atoms with van der Waals surface area (Å²) >= 11 is 0. The maximum Gasteiger partial charge on any atom is 0.282 e. The fourth-order valence-electron chi connectivity index (χ4n) is 3.69. The van der Waals surface area contributed by atoms with Crippen LogP contribution >= 0.6 is 0 Å². The average molecular weight is 365 g/mol. The Morgan fingerprint density at radius 2 is 1.81 bits per heavy atom. The van der Waals surface area contributed by atoms with Crippen LogP contribution < -0.4 is 11.1 Å². The zero-order valence-corrected chi connectivity index (χ0v) is 14.6. The van der Waals surface area contributed by atoms with Crippen molar-refractivity contribution in [2.45, 2.75) is 18.5 Å². The molecule has 1 saturated heterocycles. The minimum absolute atomic E-state index is 0.114. The van der Waals surface area contributed by atoms with Gasteiger partial charge in [-0.05, 0) is 18.2 Å². The second-order valence-electron chi connectivity index (χ2n) is 6.77. The van der Waals surface area contributed by atoms with E-state index in [4.69, 9.17) is 5.73 Å². The smallest absolute Gasteiger partial charge is 0.282 e. The Kier molecular flexibility index (Phi) is 4.02. The fraction of sp³-hybridized carbons (Fsp3) is 0.263. The minimum atomic E-state index is -0.544. The zero-order valence-electron chi connectivity index (χ0n) is 14.6. The predicted molar refractivity (Wildman–Crippen MR) is 102 cm³/mol. The SMILES string of the molecule is NC1=NC2(CCN(C(=O)c3ccccc3[N+](=O)[O-])CC2)Nc2ccccc21. The highest BCUT2D eigenvalue weighted by atomic mass is 16.6. The number of para-hydroxylation sites is 2. The molecule has 0 bridgehead atoms. The summed E-state index contributed by atoms with van der Waals surface area (Å²) in [6.07, 6.45) is 1.16. The van der Waals surface area contributed by atoms with Crippen molar-refractivity contribution >= 4 is 23.1 Å². The molecular weight excluding hydrogens is 346 g/mol. The van der Waals surface area contributed by atoms with Crippen molar-refractivity contribution in [3.8, 4) is 0 Å². The lowest BCUT2D eigenvalue weighted by Gasteiger charge is -2.42. The van der Waals surface area contributed by atoms with Crippen molar-refractivity contribution in [2.75, 3.05) is 18.4 Å². The fourth-order valence-corrected chi connectivity index (χ4v) is 3.69. The number of nitrogens with two attached hydrogens (primary N) is 1. The number of nitro benzene ring substituents is 1. The first-order chi connectivity index (χ1) is 13.0. The van der Waals surface area contributed by atoms with Gasteiger partial charge in [-0.3, -0.25) is 14.9 Å². The van der Waals surface area contributed by atoms with Crippen LogP contribution in [0.5, 0.6) is 0 Å². The molecule has 0 atom stereocenters. The van der Waals surface area contributed by atoms with E-state index in [0.717, 1.165) is 11.3 Å². The highest BCUT2D eigenvalue weighted by molar-refractivity contribution is 6.04. The third-order valence-electron chi connectivity index (χ3n) is 5.11. The van der Waals surface area contributed by atoms with E-state index < -0.39 is 10.6 Å². The minimum Gasteiger partial charge on any atom is -0.383 e. The van der Waals surface area contributed by atoms with E-state index in [1.165, 1.54) is 12.1 Å². The highest BCUT2D eigenvalue weighted by Gasteiger charge is 2.39. The van der Waals surface area contributed by atoms with Crippen molar-refractivity contribution < 1.29 is 9.72 Å². The van der Waals surface area contributed by atoms with Gasteiger partial charge in [-0.1, -0.05) is 24.3 Å². The third-order valence-corrected chi connectivity index (χ3v) is 5.11. The van der Waals surface area contributed by atoms with Gasteiger partial charge in [0.2, 0.25) is 0 Å². The van der Waals surface area contributed by atoms with Crippen LogP contribution in [0.3, 0.4) is 0 Å². The number of rotatable bonds is 2. The lowest BCUT2D eigenvalue weighted by molar-refractivity contribution is -0.385. The molecule has 0 unspecified atom stereocenters. The van der Waals surface area contributed by atoms with Gasteiger partial charge in [-0.15, -0.1) is 0 Å². The number of carbonyl (C=O) groups is 1. The van der Waals surface area contributed by atoms with Crippen LogP contribution in [-0.2, 0) is 0 Å². The molecule has 0 radical (unpaired) electrons. The molecule has 0 saturated carbocycles. The van der Waals surface area contributed by atoms with Crippen molar-refractivity contribution in [3.63, 3.8) is 0 Å². The largest absolute Gasteiger partial charge is 0.383 e. The quantitative estimate of drug-likeness (QED) is 0.626. The molecule has 3 N–H and O–H groups in total. The number of nitrogens with one attached hydrogen (secondary N) is 1. The molecule has 1 spiro atoms.